The number of pyridine rings is 1. The number of nitrogens with zero attached hydrogens (tertiary/aromatic N) is 2. The molecule has 0 saturated heterocycles. The van der Waals surface area contributed by atoms with Crippen LogP contribution in [0, 0.1) is 0 Å². The predicted molar refractivity (Wildman–Crippen MR) is 214 cm³/mol. The van der Waals surface area contributed by atoms with Crippen molar-refractivity contribution < 1.29 is 9.59 Å². The Balaban J connectivity index is 0.00000277. The van der Waals surface area contributed by atoms with Gasteiger partial charge in [-0.05, 0) is 63.3 Å². The first kappa shape index (κ1) is 46.9. The molecule has 3 nitrogen and oxygen atoms in total. The van der Waals surface area contributed by atoms with Crippen LogP contribution in [0.15, 0.2) is 24.4 Å². The van der Waals surface area contributed by atoms with Crippen molar-refractivity contribution in [1.82, 2.24) is 4.98 Å². The molecule has 0 aliphatic rings. The molecule has 1 aromatic rings. The van der Waals surface area contributed by atoms with Crippen molar-refractivity contribution in [2.24, 2.45) is 0 Å². The SMILES string of the molecule is CCCCCCCCCC[N+](CCCCCCCCCC)(CCCCCCCCCC)CCCCCCCCCC.[O-]c1ccccn1. The fourth-order valence-electron chi connectivity index (χ4n) is 7.34. The van der Waals surface area contributed by atoms with Gasteiger partial charge in [-0.25, -0.2) is 0 Å². The number of unbranched alkanes of at least 4 members (excludes halogenated alkanes) is 28. The minimum atomic E-state index is -0.178. The Morgan fingerprint density at radius 3 is 0.812 bits per heavy atom. The third-order valence-electron chi connectivity index (χ3n) is 10.6. The second-order valence-corrected chi connectivity index (χ2v) is 15.3. The molecule has 3 heteroatoms. The average Bonchev–Trinajstić information content (AvgIpc) is 3.10. The van der Waals surface area contributed by atoms with Crippen LogP contribution < -0.4 is 5.11 Å². The molecule has 0 saturated carbocycles. The maximum absolute atomic E-state index is 10.2. The quantitative estimate of drug-likeness (QED) is 0.0525. The van der Waals surface area contributed by atoms with Crippen LogP contribution in [-0.4, -0.2) is 35.6 Å². The smallest absolute Gasteiger partial charge is 0.0786 e. The minimum absolute atomic E-state index is 0.178. The van der Waals surface area contributed by atoms with Gasteiger partial charge in [-0.1, -0.05) is 194 Å². The summed E-state index contributed by atoms with van der Waals surface area (Å²) in [4.78, 5) is 3.42. The van der Waals surface area contributed by atoms with Crippen LogP contribution in [0.4, 0.5) is 0 Å². The first-order chi connectivity index (χ1) is 23.6. The van der Waals surface area contributed by atoms with Crippen LogP contribution in [0.2, 0.25) is 0 Å². The number of rotatable bonds is 36. The van der Waals surface area contributed by atoms with Crippen molar-refractivity contribution >= 4 is 0 Å². The minimum Gasteiger partial charge on any atom is -0.859 e. The normalized spacial score (nSPS) is 11.5. The molecule has 0 atom stereocenters. The molecule has 0 spiro atoms. The molecule has 1 heterocycles. The van der Waals surface area contributed by atoms with Crippen molar-refractivity contribution in [3.8, 4) is 5.88 Å². The van der Waals surface area contributed by atoms with E-state index in [1.54, 1.807) is 12.1 Å². The molecule has 0 amide bonds. The topological polar surface area (TPSA) is 36.0 Å². The van der Waals surface area contributed by atoms with Gasteiger partial charge in [0.2, 0.25) is 0 Å². The summed E-state index contributed by atoms with van der Waals surface area (Å²) in [5, 5.41) is 10.2. The standard InChI is InChI=1S/C40H84N.C5H5NO/c1-5-9-13-17-21-25-29-33-37-41(38-34-30-26-22-18-14-10-6-2,39-35-31-27-23-19-15-11-7-3)40-36-32-28-24-20-16-12-8-4;7-5-3-1-2-4-6-5/h5-40H2,1-4H3;1-4H,(H,6,7)/q+1;/p-1. The predicted octanol–water partition coefficient (Wildman–Crippen LogP) is 14.5. The van der Waals surface area contributed by atoms with Crippen LogP contribution in [0.5, 0.6) is 5.88 Å². The number of aromatic nitrogens is 1. The van der Waals surface area contributed by atoms with Crippen molar-refractivity contribution in [2.75, 3.05) is 26.2 Å². The summed E-state index contributed by atoms with van der Waals surface area (Å²) in [6.45, 7) is 15.3. The van der Waals surface area contributed by atoms with Crippen LogP contribution >= 0.6 is 0 Å². The molecule has 284 valence electrons. The van der Waals surface area contributed by atoms with Crippen molar-refractivity contribution in [3.63, 3.8) is 0 Å². The lowest BCUT2D eigenvalue weighted by Crippen LogP contribution is -2.50. The lowest BCUT2D eigenvalue weighted by atomic mass is 10.0. The van der Waals surface area contributed by atoms with Gasteiger partial charge in [0.05, 0.1) is 26.2 Å². The second kappa shape index (κ2) is 38.7. The molecular formula is C45H88N2O. The zero-order chi connectivity index (χ0) is 35.1. The van der Waals surface area contributed by atoms with Crippen LogP contribution in [0.3, 0.4) is 0 Å². The van der Waals surface area contributed by atoms with Gasteiger partial charge in [0.1, 0.15) is 0 Å². The lowest BCUT2D eigenvalue weighted by molar-refractivity contribution is -0.929. The third kappa shape index (κ3) is 33.4. The largest absolute Gasteiger partial charge is 0.859 e. The van der Waals surface area contributed by atoms with Gasteiger partial charge in [-0.15, -0.1) is 0 Å². The van der Waals surface area contributed by atoms with Crippen molar-refractivity contribution in [3.05, 3.63) is 24.4 Å². The third-order valence-corrected chi connectivity index (χ3v) is 10.6. The van der Waals surface area contributed by atoms with E-state index in [9.17, 15) is 5.11 Å². The summed E-state index contributed by atoms with van der Waals surface area (Å²) in [5.74, 6) is -0.178. The maximum atomic E-state index is 10.2. The second-order valence-electron chi connectivity index (χ2n) is 15.3. The highest BCUT2D eigenvalue weighted by Gasteiger charge is 2.25. The summed E-state index contributed by atoms with van der Waals surface area (Å²) < 4.78 is 1.48. The lowest BCUT2D eigenvalue weighted by Gasteiger charge is -2.40. The van der Waals surface area contributed by atoms with Gasteiger partial charge < -0.3 is 9.59 Å². The molecule has 0 N–H and O–H groups in total. The van der Waals surface area contributed by atoms with E-state index in [4.69, 9.17) is 0 Å². The Labute approximate surface area is 303 Å². The Kier molecular flexibility index (Phi) is 37.8. The fourth-order valence-corrected chi connectivity index (χ4v) is 7.34. The highest BCUT2D eigenvalue weighted by Crippen LogP contribution is 2.21. The highest BCUT2D eigenvalue weighted by molar-refractivity contribution is 5.04. The Hall–Kier alpha value is -1.09. The van der Waals surface area contributed by atoms with Crippen LogP contribution in [-0.2, 0) is 0 Å². The van der Waals surface area contributed by atoms with E-state index >= 15 is 0 Å². The molecule has 0 unspecified atom stereocenters. The van der Waals surface area contributed by atoms with E-state index in [0.717, 1.165) is 0 Å². The molecule has 48 heavy (non-hydrogen) atoms. The van der Waals surface area contributed by atoms with Gasteiger partial charge in [0.15, 0.2) is 0 Å². The first-order valence-corrected chi connectivity index (χ1v) is 22.1. The summed E-state index contributed by atoms with van der Waals surface area (Å²) in [5.41, 5.74) is 0. The summed E-state index contributed by atoms with van der Waals surface area (Å²) >= 11 is 0. The molecule has 1 rings (SSSR count). The monoisotopic (exact) mass is 673 g/mol. The molecule has 1 aromatic heterocycles. The number of hydrogen-bond donors (Lipinski definition) is 0. The van der Waals surface area contributed by atoms with Gasteiger partial charge in [-0.2, -0.15) is 0 Å². The molecule has 0 aromatic carbocycles. The summed E-state index contributed by atoms with van der Waals surface area (Å²) in [6.07, 6.45) is 48.2. The Morgan fingerprint density at radius 1 is 0.375 bits per heavy atom. The fraction of sp³-hybridized carbons (Fsp3) is 0.889. The number of hydrogen-bond acceptors (Lipinski definition) is 2. The molecule has 0 bridgehead atoms. The van der Waals surface area contributed by atoms with Crippen LogP contribution in [0.25, 0.3) is 0 Å². The van der Waals surface area contributed by atoms with E-state index in [-0.39, 0.29) is 5.88 Å². The van der Waals surface area contributed by atoms with E-state index in [1.165, 1.54) is 248 Å². The maximum Gasteiger partial charge on any atom is 0.0786 e. The van der Waals surface area contributed by atoms with Gasteiger partial charge in [0.25, 0.3) is 0 Å². The van der Waals surface area contributed by atoms with Crippen molar-refractivity contribution in [2.45, 2.75) is 233 Å². The molecule has 0 fully saturated rings. The van der Waals surface area contributed by atoms with Crippen molar-refractivity contribution in [1.29, 1.82) is 0 Å². The highest BCUT2D eigenvalue weighted by atomic mass is 16.3. The summed E-state index contributed by atoms with van der Waals surface area (Å²) in [7, 11) is 0. The Morgan fingerprint density at radius 2 is 0.625 bits per heavy atom. The zero-order valence-corrected chi connectivity index (χ0v) is 33.6. The first-order valence-electron chi connectivity index (χ1n) is 22.1. The molecule has 0 aliphatic heterocycles. The summed E-state index contributed by atoms with van der Waals surface area (Å²) in [6, 6.07) is 4.79. The molecule has 0 radical (unpaired) electrons. The van der Waals surface area contributed by atoms with Gasteiger partial charge >= 0.3 is 0 Å². The Bertz CT molecular complexity index is 623. The van der Waals surface area contributed by atoms with E-state index in [0.29, 0.717) is 0 Å². The van der Waals surface area contributed by atoms with E-state index < -0.39 is 0 Å². The molecule has 0 aliphatic carbocycles. The van der Waals surface area contributed by atoms with E-state index in [1.807, 2.05) is 0 Å². The average molecular weight is 673 g/mol. The number of quaternary nitrogens is 1. The van der Waals surface area contributed by atoms with E-state index in [2.05, 4.69) is 32.7 Å². The van der Waals surface area contributed by atoms with Gasteiger partial charge in [0, 0.05) is 6.20 Å². The van der Waals surface area contributed by atoms with Gasteiger partial charge in [-0.3, -0.25) is 4.98 Å². The van der Waals surface area contributed by atoms with Crippen LogP contribution in [0.1, 0.15) is 233 Å². The molecular weight excluding hydrogens is 585 g/mol. The zero-order valence-electron chi connectivity index (χ0n) is 33.6.